The van der Waals surface area contributed by atoms with E-state index in [1.54, 1.807) is 26.0 Å². The molecule has 0 atom stereocenters. The maximum Gasteiger partial charge on any atom is 0.315 e. The number of benzene rings is 1. The van der Waals surface area contributed by atoms with Gasteiger partial charge in [0.05, 0.1) is 6.10 Å². The summed E-state index contributed by atoms with van der Waals surface area (Å²) in [7, 11) is 0. The highest BCUT2D eigenvalue weighted by Crippen LogP contribution is 2.17. The molecule has 0 bridgehead atoms. The number of aliphatic hydroxyl groups is 1. The van der Waals surface area contributed by atoms with Crippen LogP contribution in [-0.4, -0.2) is 72.7 Å². The summed E-state index contributed by atoms with van der Waals surface area (Å²) in [6, 6.07) is 6.15. The second kappa shape index (κ2) is 13.9. The predicted octanol–water partition coefficient (Wildman–Crippen LogP) is 0.526. The van der Waals surface area contributed by atoms with Crippen molar-refractivity contribution in [2.75, 3.05) is 26.3 Å². The van der Waals surface area contributed by atoms with Crippen molar-refractivity contribution in [3.05, 3.63) is 29.8 Å². The Balaban J connectivity index is 2.18. The molecule has 0 unspecified atom stereocenters. The van der Waals surface area contributed by atoms with Gasteiger partial charge in [-0.25, -0.2) is 0 Å². The molecule has 1 aromatic carbocycles. The molecule has 34 heavy (non-hydrogen) atoms. The van der Waals surface area contributed by atoms with Gasteiger partial charge < -0.3 is 30.0 Å². The first kappa shape index (κ1) is 28.6. The molecule has 11 nitrogen and oxygen atoms in total. The van der Waals surface area contributed by atoms with Crippen molar-refractivity contribution < 1.29 is 43.3 Å². The number of esters is 2. The maximum absolute atomic E-state index is 12.0. The Hall–Kier alpha value is -3.47. The monoisotopic (exact) mass is 480 g/mol. The van der Waals surface area contributed by atoms with Crippen LogP contribution >= 0.6 is 0 Å². The summed E-state index contributed by atoms with van der Waals surface area (Å²) >= 11 is 0. The molecule has 188 valence electrons. The Bertz CT molecular complexity index is 858. The minimum atomic E-state index is -1.47. The Morgan fingerprint density at radius 2 is 1.41 bits per heavy atom. The van der Waals surface area contributed by atoms with E-state index in [9.17, 15) is 29.1 Å². The van der Waals surface area contributed by atoms with Gasteiger partial charge in [-0.3, -0.25) is 24.0 Å². The Morgan fingerprint density at radius 1 is 0.882 bits per heavy atom. The summed E-state index contributed by atoms with van der Waals surface area (Å²) < 4.78 is 15.2. The lowest BCUT2D eigenvalue weighted by Gasteiger charge is -2.15. The molecule has 0 heterocycles. The van der Waals surface area contributed by atoms with E-state index in [1.165, 1.54) is 26.0 Å². The van der Waals surface area contributed by atoms with E-state index in [0.717, 1.165) is 0 Å². The SMILES string of the molecule is CC(C)OC(=O)CC(=O)NCCNC(=O)CC(=O)OCCOc1ccc(C(=O)C(C)(C)O)cc1. The minimum absolute atomic E-state index is 0.0391. The molecule has 0 radical (unpaired) electrons. The molecule has 3 N–H and O–H groups in total. The molecule has 0 aromatic heterocycles. The van der Waals surface area contributed by atoms with Crippen molar-refractivity contribution in [2.45, 2.75) is 52.2 Å². The summed E-state index contributed by atoms with van der Waals surface area (Å²) in [6.45, 7) is 6.27. The summed E-state index contributed by atoms with van der Waals surface area (Å²) in [5, 5.41) is 14.6. The number of ketones is 1. The van der Waals surface area contributed by atoms with Crippen LogP contribution in [0.5, 0.6) is 5.75 Å². The quantitative estimate of drug-likeness (QED) is 0.149. The fourth-order valence-corrected chi connectivity index (χ4v) is 2.52. The van der Waals surface area contributed by atoms with E-state index < -0.39 is 48.0 Å². The summed E-state index contributed by atoms with van der Waals surface area (Å²) in [6.07, 6.45) is -1.22. The van der Waals surface area contributed by atoms with Gasteiger partial charge in [-0.15, -0.1) is 0 Å². The van der Waals surface area contributed by atoms with Crippen molar-refractivity contribution >= 4 is 29.5 Å². The molecule has 0 aliphatic carbocycles. The second-order valence-corrected chi connectivity index (χ2v) is 8.07. The lowest BCUT2D eigenvalue weighted by atomic mass is 9.97. The molecule has 2 amide bonds. The Kier molecular flexibility index (Phi) is 11.7. The van der Waals surface area contributed by atoms with Crippen LogP contribution in [0.2, 0.25) is 0 Å². The Labute approximate surface area is 198 Å². The summed E-state index contributed by atoms with van der Waals surface area (Å²) in [4.78, 5) is 58.3. The van der Waals surface area contributed by atoms with Crippen molar-refractivity contribution in [1.29, 1.82) is 0 Å². The van der Waals surface area contributed by atoms with E-state index in [0.29, 0.717) is 11.3 Å². The minimum Gasteiger partial charge on any atom is -0.490 e. The lowest BCUT2D eigenvalue weighted by molar-refractivity contribution is -0.150. The van der Waals surface area contributed by atoms with E-state index >= 15 is 0 Å². The van der Waals surface area contributed by atoms with Crippen LogP contribution in [0.25, 0.3) is 0 Å². The van der Waals surface area contributed by atoms with Crippen molar-refractivity contribution in [1.82, 2.24) is 10.6 Å². The van der Waals surface area contributed by atoms with Gasteiger partial charge in [-0.2, -0.15) is 0 Å². The largest absolute Gasteiger partial charge is 0.490 e. The zero-order valence-electron chi connectivity index (χ0n) is 19.8. The standard InChI is InChI=1S/C23H32N2O9/c1-15(2)34-21(29)14-19(27)25-10-9-24-18(26)13-20(28)33-12-11-32-17-7-5-16(6-8-17)22(30)23(3,4)31/h5-8,15,31H,9-14H2,1-4H3,(H,24,26)(H,25,27). The van der Waals surface area contributed by atoms with Crippen LogP contribution in [0.1, 0.15) is 50.9 Å². The van der Waals surface area contributed by atoms with Gasteiger partial charge in [0.2, 0.25) is 11.8 Å². The number of amides is 2. The van der Waals surface area contributed by atoms with Crippen LogP contribution in [0.15, 0.2) is 24.3 Å². The average Bonchev–Trinajstić information content (AvgIpc) is 2.73. The van der Waals surface area contributed by atoms with Gasteiger partial charge in [-0.05, 0) is 52.0 Å². The summed E-state index contributed by atoms with van der Waals surface area (Å²) in [5.41, 5.74) is -1.13. The highest BCUT2D eigenvalue weighted by atomic mass is 16.6. The normalized spacial score (nSPS) is 10.9. The van der Waals surface area contributed by atoms with Gasteiger partial charge in [-0.1, -0.05) is 0 Å². The van der Waals surface area contributed by atoms with E-state index in [1.807, 2.05) is 0 Å². The lowest BCUT2D eigenvalue weighted by Crippen LogP contribution is -2.36. The molecule has 11 heteroatoms. The van der Waals surface area contributed by atoms with Gasteiger partial charge in [0, 0.05) is 18.7 Å². The highest BCUT2D eigenvalue weighted by Gasteiger charge is 2.25. The number of ether oxygens (including phenoxy) is 3. The van der Waals surface area contributed by atoms with Crippen LogP contribution in [0, 0.1) is 0 Å². The smallest absolute Gasteiger partial charge is 0.315 e. The third-order valence-corrected chi connectivity index (χ3v) is 4.03. The second-order valence-electron chi connectivity index (χ2n) is 8.07. The van der Waals surface area contributed by atoms with Crippen LogP contribution in [-0.2, 0) is 28.7 Å². The average molecular weight is 481 g/mol. The number of rotatable bonds is 14. The molecule has 0 aliphatic heterocycles. The molecule has 0 saturated heterocycles. The molecule has 1 rings (SSSR count). The first-order valence-corrected chi connectivity index (χ1v) is 10.8. The fourth-order valence-electron chi connectivity index (χ4n) is 2.52. The van der Waals surface area contributed by atoms with E-state index in [2.05, 4.69) is 10.6 Å². The number of hydrogen-bond acceptors (Lipinski definition) is 9. The topological polar surface area (TPSA) is 157 Å². The van der Waals surface area contributed by atoms with Gasteiger partial charge in [0.15, 0.2) is 5.78 Å². The van der Waals surface area contributed by atoms with Crippen LogP contribution in [0.3, 0.4) is 0 Å². The molecule has 0 aliphatic rings. The first-order chi connectivity index (χ1) is 15.9. The zero-order chi connectivity index (χ0) is 25.7. The summed E-state index contributed by atoms with van der Waals surface area (Å²) in [5.74, 6) is -2.46. The fraction of sp³-hybridized carbons (Fsp3) is 0.522. The Morgan fingerprint density at radius 3 is 1.91 bits per heavy atom. The number of carbonyl (C=O) groups excluding carboxylic acids is 5. The van der Waals surface area contributed by atoms with E-state index in [-0.39, 0.29) is 32.4 Å². The van der Waals surface area contributed by atoms with Gasteiger partial charge >= 0.3 is 11.9 Å². The third kappa shape index (κ3) is 12.0. The zero-order valence-corrected chi connectivity index (χ0v) is 19.8. The van der Waals surface area contributed by atoms with Crippen LogP contribution < -0.4 is 15.4 Å². The molecular weight excluding hydrogens is 448 g/mol. The first-order valence-electron chi connectivity index (χ1n) is 10.8. The molecule has 1 aromatic rings. The van der Waals surface area contributed by atoms with Crippen LogP contribution in [0.4, 0.5) is 0 Å². The van der Waals surface area contributed by atoms with Crippen molar-refractivity contribution in [3.8, 4) is 5.75 Å². The molecule has 0 saturated carbocycles. The van der Waals surface area contributed by atoms with Gasteiger partial charge in [0.1, 0.15) is 37.4 Å². The van der Waals surface area contributed by atoms with E-state index in [4.69, 9.17) is 14.2 Å². The third-order valence-electron chi connectivity index (χ3n) is 4.03. The number of hydrogen-bond donors (Lipinski definition) is 3. The molecule has 0 spiro atoms. The van der Waals surface area contributed by atoms with Crippen molar-refractivity contribution in [3.63, 3.8) is 0 Å². The number of Topliss-reactive ketones (excluding diaryl/α,β-unsaturated/α-hetero) is 1. The van der Waals surface area contributed by atoms with Gasteiger partial charge in [0.25, 0.3) is 0 Å². The number of nitrogens with one attached hydrogen (secondary N) is 2. The maximum atomic E-state index is 12.0. The number of carbonyl (C=O) groups is 5. The highest BCUT2D eigenvalue weighted by molar-refractivity contribution is 6.01. The predicted molar refractivity (Wildman–Crippen MR) is 120 cm³/mol. The molecule has 0 fully saturated rings. The molecular formula is C23H32N2O9. The van der Waals surface area contributed by atoms with Crippen molar-refractivity contribution in [2.24, 2.45) is 0 Å².